The minimum Gasteiger partial charge on any atom is -0.350 e. The Labute approximate surface area is 167 Å². The third-order valence-electron chi connectivity index (χ3n) is 5.18. The molecule has 2 fully saturated rings. The average Bonchev–Trinajstić information content (AvgIpc) is 2.68. The Morgan fingerprint density at radius 2 is 1.71 bits per heavy atom. The molecule has 2 saturated heterocycles. The molecule has 2 aliphatic heterocycles. The van der Waals surface area contributed by atoms with Crippen molar-refractivity contribution in [2.45, 2.75) is 76.2 Å². The topological polar surface area (TPSA) is 108 Å². The lowest BCUT2D eigenvalue weighted by Gasteiger charge is -2.55. The molecule has 0 amide bonds. The van der Waals surface area contributed by atoms with Crippen LogP contribution in [-0.2, 0) is 47.2 Å². The Kier molecular flexibility index (Phi) is 8.22. The quantitative estimate of drug-likeness (QED) is 0.473. The van der Waals surface area contributed by atoms with E-state index in [4.69, 9.17) is 32.6 Å². The number of methoxy groups -OCH3 is 2. The van der Waals surface area contributed by atoms with Gasteiger partial charge in [0.05, 0.1) is 25.9 Å². The summed E-state index contributed by atoms with van der Waals surface area (Å²) in [4.78, 5) is 0. The summed E-state index contributed by atoms with van der Waals surface area (Å²) in [7, 11) is -0.0439. The van der Waals surface area contributed by atoms with Crippen LogP contribution in [0, 0.1) is 0 Å². The van der Waals surface area contributed by atoms with Gasteiger partial charge in [0.25, 0.3) is 0 Å². The van der Waals surface area contributed by atoms with Gasteiger partial charge in [-0.05, 0) is 20.3 Å². The first-order chi connectivity index (χ1) is 13.1. The molecule has 0 aromatic carbocycles. The Bertz CT molecular complexity index is 599. The minimum absolute atomic E-state index is 0.234. The highest BCUT2D eigenvalue weighted by atomic mass is 32.3. The number of unbranched alkanes of at least 4 members (excludes halogenated alkanes) is 1. The molecule has 166 valence electrons. The fourth-order valence-corrected chi connectivity index (χ4v) is 3.57. The van der Waals surface area contributed by atoms with Gasteiger partial charge in [0.15, 0.2) is 6.29 Å². The molecule has 0 aromatic rings. The molecular formula is C17H32O10S. The van der Waals surface area contributed by atoms with Crippen LogP contribution < -0.4 is 0 Å². The van der Waals surface area contributed by atoms with Gasteiger partial charge < -0.3 is 28.4 Å². The van der Waals surface area contributed by atoms with Gasteiger partial charge in [0, 0.05) is 27.2 Å². The molecule has 28 heavy (non-hydrogen) atoms. The lowest BCUT2D eigenvalue weighted by Crippen LogP contribution is -2.69. The smallest absolute Gasteiger partial charge is 0.350 e. The van der Waals surface area contributed by atoms with Crippen molar-refractivity contribution in [2.24, 2.45) is 0 Å². The van der Waals surface area contributed by atoms with Crippen molar-refractivity contribution >= 4 is 10.4 Å². The summed E-state index contributed by atoms with van der Waals surface area (Å²) in [6.07, 6.45) is -0.332. The minimum atomic E-state index is -4.07. The van der Waals surface area contributed by atoms with E-state index in [1.165, 1.54) is 14.2 Å². The van der Waals surface area contributed by atoms with Gasteiger partial charge in [0.2, 0.25) is 11.6 Å². The van der Waals surface area contributed by atoms with Crippen molar-refractivity contribution in [3.63, 3.8) is 0 Å². The van der Waals surface area contributed by atoms with Gasteiger partial charge in [-0.2, -0.15) is 8.42 Å². The van der Waals surface area contributed by atoms with Crippen LogP contribution in [-0.4, -0.2) is 79.1 Å². The highest BCUT2D eigenvalue weighted by Gasteiger charge is 2.60. The first-order valence-electron chi connectivity index (χ1n) is 9.31. The molecule has 0 spiro atoms. The lowest BCUT2D eigenvalue weighted by atomic mass is 9.97. The molecule has 0 N–H and O–H groups in total. The number of hydrogen-bond donors (Lipinski definition) is 0. The number of rotatable bonds is 10. The van der Waals surface area contributed by atoms with Crippen LogP contribution in [0.2, 0.25) is 0 Å². The van der Waals surface area contributed by atoms with Gasteiger partial charge in [-0.3, -0.25) is 4.18 Å². The van der Waals surface area contributed by atoms with Crippen molar-refractivity contribution in [3.8, 4) is 0 Å². The number of ether oxygens (including phenoxy) is 6. The standard InChI is InChI=1S/C17H32O10S/c1-7-8-9-23-15-14-13(10-12(25-15)11-24-28(18,19)22-6)26-16(2,20-4)17(3,21-5)27-14/h12-15H,7-11H2,1-6H3/t12-,13-,14+,15+,16+,17+/m0/s1. The summed E-state index contributed by atoms with van der Waals surface area (Å²) in [5.41, 5.74) is 0. The van der Waals surface area contributed by atoms with Gasteiger partial charge in [-0.15, -0.1) is 0 Å². The first kappa shape index (κ1) is 23.9. The second-order valence-corrected chi connectivity index (χ2v) is 8.37. The largest absolute Gasteiger partial charge is 0.399 e. The Morgan fingerprint density at radius 3 is 2.29 bits per heavy atom. The number of fused-ring (bicyclic) bond motifs is 1. The molecule has 0 aromatic heterocycles. The van der Waals surface area contributed by atoms with E-state index in [1.807, 2.05) is 6.92 Å². The first-order valence-corrected chi connectivity index (χ1v) is 10.6. The molecular weight excluding hydrogens is 396 g/mol. The van der Waals surface area contributed by atoms with Gasteiger partial charge in [0.1, 0.15) is 6.10 Å². The van der Waals surface area contributed by atoms with Gasteiger partial charge in [-0.1, -0.05) is 13.3 Å². The van der Waals surface area contributed by atoms with Crippen molar-refractivity contribution in [3.05, 3.63) is 0 Å². The van der Waals surface area contributed by atoms with Crippen LogP contribution in [0.25, 0.3) is 0 Å². The molecule has 6 atom stereocenters. The zero-order chi connectivity index (χ0) is 21.0. The maximum atomic E-state index is 11.5. The summed E-state index contributed by atoms with van der Waals surface area (Å²) in [5.74, 6) is -2.38. The fraction of sp³-hybridized carbons (Fsp3) is 1.00. The molecule has 0 saturated carbocycles. The third kappa shape index (κ3) is 5.21. The van der Waals surface area contributed by atoms with Crippen LogP contribution >= 0.6 is 0 Å². The molecule has 2 heterocycles. The Morgan fingerprint density at radius 1 is 1.07 bits per heavy atom. The average molecular weight is 429 g/mol. The van der Waals surface area contributed by atoms with E-state index in [1.54, 1.807) is 13.8 Å². The zero-order valence-corrected chi connectivity index (χ0v) is 18.2. The number of hydrogen-bond acceptors (Lipinski definition) is 10. The predicted molar refractivity (Wildman–Crippen MR) is 96.6 cm³/mol. The van der Waals surface area contributed by atoms with Crippen LogP contribution in [0.3, 0.4) is 0 Å². The lowest BCUT2D eigenvalue weighted by molar-refractivity contribution is -0.475. The molecule has 11 heteroatoms. The van der Waals surface area contributed by atoms with Crippen molar-refractivity contribution in [1.29, 1.82) is 0 Å². The van der Waals surface area contributed by atoms with E-state index in [-0.39, 0.29) is 6.61 Å². The summed E-state index contributed by atoms with van der Waals surface area (Å²) in [5, 5.41) is 0. The SMILES string of the molecule is CCCCO[C@@H]1O[C@H](COS(=O)(=O)OC)C[C@@H]2O[C@@](C)(OC)[C@](C)(OC)O[C@@H]12. The molecule has 10 nitrogen and oxygen atoms in total. The summed E-state index contributed by atoms with van der Waals surface area (Å²) in [6.45, 7) is 5.71. The third-order valence-corrected chi connectivity index (χ3v) is 6.01. The Hall–Kier alpha value is -0.370. The predicted octanol–water partition coefficient (Wildman–Crippen LogP) is 1.34. The van der Waals surface area contributed by atoms with Crippen molar-refractivity contribution in [1.82, 2.24) is 0 Å². The maximum Gasteiger partial charge on any atom is 0.399 e. The van der Waals surface area contributed by atoms with Gasteiger partial charge in [-0.25, -0.2) is 4.18 Å². The Balaban J connectivity index is 2.18. The molecule has 2 aliphatic rings. The fourth-order valence-electron chi connectivity index (χ4n) is 3.16. The van der Waals surface area contributed by atoms with E-state index in [0.29, 0.717) is 13.0 Å². The molecule has 0 radical (unpaired) electrons. The highest BCUT2D eigenvalue weighted by molar-refractivity contribution is 7.81. The van der Waals surface area contributed by atoms with Crippen LogP contribution in [0.15, 0.2) is 0 Å². The normalized spacial score (nSPS) is 38.9. The molecule has 0 aliphatic carbocycles. The summed E-state index contributed by atoms with van der Waals surface area (Å²) < 4.78 is 67.3. The maximum absolute atomic E-state index is 11.5. The van der Waals surface area contributed by atoms with Crippen LogP contribution in [0.1, 0.15) is 40.0 Å². The van der Waals surface area contributed by atoms with Crippen molar-refractivity contribution < 1.29 is 45.2 Å². The second-order valence-electron chi connectivity index (χ2n) is 6.98. The summed E-state index contributed by atoms with van der Waals surface area (Å²) in [6, 6.07) is 0. The zero-order valence-electron chi connectivity index (χ0n) is 17.3. The van der Waals surface area contributed by atoms with Gasteiger partial charge >= 0.3 is 10.4 Å². The van der Waals surface area contributed by atoms with Crippen LogP contribution in [0.5, 0.6) is 0 Å². The second kappa shape index (κ2) is 9.63. The van der Waals surface area contributed by atoms with E-state index < -0.39 is 46.6 Å². The van der Waals surface area contributed by atoms with E-state index >= 15 is 0 Å². The van der Waals surface area contributed by atoms with E-state index in [9.17, 15) is 8.42 Å². The monoisotopic (exact) mass is 428 g/mol. The molecule has 0 bridgehead atoms. The van der Waals surface area contributed by atoms with E-state index in [0.717, 1.165) is 20.0 Å². The van der Waals surface area contributed by atoms with Crippen molar-refractivity contribution in [2.75, 3.05) is 34.5 Å². The van der Waals surface area contributed by atoms with E-state index in [2.05, 4.69) is 4.18 Å². The highest BCUT2D eigenvalue weighted by Crippen LogP contribution is 2.43. The summed E-state index contributed by atoms with van der Waals surface area (Å²) >= 11 is 0. The molecule has 0 unspecified atom stereocenters. The van der Waals surface area contributed by atoms with Crippen LogP contribution in [0.4, 0.5) is 0 Å². The molecule has 2 rings (SSSR count).